The predicted molar refractivity (Wildman–Crippen MR) is 40.5 cm³/mol. The lowest BCUT2D eigenvalue weighted by Gasteiger charge is -2.15. The predicted octanol–water partition coefficient (Wildman–Crippen LogP) is 1.31. The molecule has 1 unspecified atom stereocenters. The standard InChI is InChI=1S/C7H12N2/c1-5-4-8-6(2)7(3)9-5/h4,6-7H,1-3H3/t6?,7-/m0/s1. The highest BCUT2D eigenvalue weighted by Crippen LogP contribution is 2.05. The molecule has 50 valence electrons. The molecule has 0 spiro atoms. The van der Waals surface area contributed by atoms with Gasteiger partial charge in [-0.15, -0.1) is 0 Å². The van der Waals surface area contributed by atoms with Gasteiger partial charge in [0.25, 0.3) is 0 Å². The van der Waals surface area contributed by atoms with Crippen molar-refractivity contribution in [3.8, 4) is 0 Å². The third kappa shape index (κ3) is 1.37. The van der Waals surface area contributed by atoms with Crippen LogP contribution in [0.1, 0.15) is 20.8 Å². The zero-order chi connectivity index (χ0) is 6.85. The van der Waals surface area contributed by atoms with Crippen molar-refractivity contribution in [2.24, 2.45) is 9.98 Å². The summed E-state index contributed by atoms with van der Waals surface area (Å²) in [7, 11) is 0. The Kier molecular flexibility index (Phi) is 1.65. The molecule has 0 fully saturated rings. The van der Waals surface area contributed by atoms with Gasteiger partial charge in [-0.25, -0.2) is 0 Å². The molecule has 0 saturated heterocycles. The first kappa shape index (κ1) is 6.46. The maximum absolute atomic E-state index is 4.33. The molecule has 1 aliphatic heterocycles. The third-order valence-electron chi connectivity index (χ3n) is 1.60. The molecule has 0 aliphatic carbocycles. The molecular formula is C7H12N2. The van der Waals surface area contributed by atoms with E-state index in [0.717, 1.165) is 5.71 Å². The van der Waals surface area contributed by atoms with Crippen LogP contribution in [-0.2, 0) is 0 Å². The van der Waals surface area contributed by atoms with E-state index in [2.05, 4.69) is 23.8 Å². The van der Waals surface area contributed by atoms with Crippen molar-refractivity contribution >= 4 is 11.9 Å². The second kappa shape index (κ2) is 2.29. The van der Waals surface area contributed by atoms with E-state index in [1.54, 1.807) is 0 Å². The summed E-state index contributed by atoms with van der Waals surface area (Å²) in [5.41, 5.74) is 1.04. The van der Waals surface area contributed by atoms with Gasteiger partial charge in [0.05, 0.1) is 12.1 Å². The van der Waals surface area contributed by atoms with Crippen LogP contribution in [0.3, 0.4) is 0 Å². The summed E-state index contributed by atoms with van der Waals surface area (Å²) in [5.74, 6) is 0. The maximum atomic E-state index is 4.33. The summed E-state index contributed by atoms with van der Waals surface area (Å²) >= 11 is 0. The molecule has 9 heavy (non-hydrogen) atoms. The molecule has 0 aromatic heterocycles. The molecule has 0 aromatic rings. The summed E-state index contributed by atoms with van der Waals surface area (Å²) in [6, 6.07) is 0.740. The van der Waals surface area contributed by atoms with Crippen molar-refractivity contribution in [2.45, 2.75) is 32.9 Å². The molecule has 1 rings (SSSR count). The van der Waals surface area contributed by atoms with Crippen molar-refractivity contribution in [3.63, 3.8) is 0 Å². The fourth-order valence-corrected chi connectivity index (χ4v) is 0.812. The summed E-state index contributed by atoms with van der Waals surface area (Å²) < 4.78 is 0. The highest BCUT2D eigenvalue weighted by Gasteiger charge is 2.11. The maximum Gasteiger partial charge on any atom is 0.0695 e. The first-order valence-corrected chi connectivity index (χ1v) is 3.27. The second-order valence-electron chi connectivity index (χ2n) is 2.53. The summed E-state index contributed by atoms with van der Waals surface area (Å²) in [4.78, 5) is 8.57. The van der Waals surface area contributed by atoms with Gasteiger partial charge < -0.3 is 0 Å². The minimum absolute atomic E-state index is 0.369. The zero-order valence-corrected chi connectivity index (χ0v) is 6.13. The van der Waals surface area contributed by atoms with Gasteiger partial charge in [-0.1, -0.05) is 0 Å². The number of rotatable bonds is 0. The number of aliphatic imine (C=N–C) groups is 2. The molecule has 0 saturated carbocycles. The lowest BCUT2D eigenvalue weighted by molar-refractivity contribution is 0.605. The third-order valence-corrected chi connectivity index (χ3v) is 1.60. The van der Waals surface area contributed by atoms with Gasteiger partial charge >= 0.3 is 0 Å². The minimum atomic E-state index is 0.369. The SMILES string of the molecule is CC1=N[C@@H](C)C(C)N=C1. The van der Waals surface area contributed by atoms with Crippen LogP contribution >= 0.6 is 0 Å². The van der Waals surface area contributed by atoms with Gasteiger partial charge in [-0.2, -0.15) is 0 Å². The second-order valence-corrected chi connectivity index (χ2v) is 2.53. The molecule has 1 aliphatic rings. The van der Waals surface area contributed by atoms with Gasteiger partial charge in [0.1, 0.15) is 0 Å². The van der Waals surface area contributed by atoms with Gasteiger partial charge in [-0.05, 0) is 20.8 Å². The van der Waals surface area contributed by atoms with E-state index >= 15 is 0 Å². The smallest absolute Gasteiger partial charge is 0.0695 e. The molecule has 2 nitrogen and oxygen atoms in total. The van der Waals surface area contributed by atoms with E-state index < -0.39 is 0 Å². The molecule has 0 amide bonds. The summed E-state index contributed by atoms with van der Waals surface area (Å²) in [6.45, 7) is 6.15. The Morgan fingerprint density at radius 1 is 1.33 bits per heavy atom. The van der Waals surface area contributed by atoms with Crippen LogP contribution in [0.25, 0.3) is 0 Å². The van der Waals surface area contributed by atoms with Crippen LogP contribution < -0.4 is 0 Å². The van der Waals surface area contributed by atoms with Crippen molar-refractivity contribution < 1.29 is 0 Å². The Bertz CT molecular complexity index is 158. The number of nitrogens with zero attached hydrogens (tertiary/aromatic N) is 2. The summed E-state index contributed by atoms with van der Waals surface area (Å²) in [5, 5.41) is 0. The molecule has 0 radical (unpaired) electrons. The fraction of sp³-hybridized carbons (Fsp3) is 0.714. The molecule has 0 N–H and O–H groups in total. The van der Waals surface area contributed by atoms with Crippen LogP contribution in [0.2, 0.25) is 0 Å². The lowest BCUT2D eigenvalue weighted by Crippen LogP contribution is -2.22. The number of hydrogen-bond donors (Lipinski definition) is 0. The van der Waals surface area contributed by atoms with Crippen molar-refractivity contribution in [1.82, 2.24) is 0 Å². The molecular weight excluding hydrogens is 112 g/mol. The van der Waals surface area contributed by atoms with E-state index in [9.17, 15) is 0 Å². The summed E-state index contributed by atoms with van der Waals surface area (Å²) in [6.07, 6.45) is 1.84. The molecule has 1 heterocycles. The topological polar surface area (TPSA) is 24.7 Å². The van der Waals surface area contributed by atoms with Crippen LogP contribution in [0, 0.1) is 0 Å². The molecule has 2 atom stereocenters. The molecule has 2 heteroatoms. The zero-order valence-electron chi connectivity index (χ0n) is 6.13. The quantitative estimate of drug-likeness (QED) is 0.465. The first-order chi connectivity index (χ1) is 4.20. The average Bonchev–Trinajstić information content (AvgIpc) is 1.80. The van der Waals surface area contributed by atoms with E-state index in [1.165, 1.54) is 0 Å². The fourth-order valence-electron chi connectivity index (χ4n) is 0.812. The Balaban J connectivity index is 2.70. The normalized spacial score (nSPS) is 34.3. The van der Waals surface area contributed by atoms with Crippen molar-refractivity contribution in [2.75, 3.05) is 0 Å². The monoisotopic (exact) mass is 124 g/mol. The van der Waals surface area contributed by atoms with Gasteiger partial charge in [0, 0.05) is 11.9 Å². The molecule has 0 aromatic carbocycles. The molecule has 0 bridgehead atoms. The Morgan fingerprint density at radius 2 is 2.00 bits per heavy atom. The van der Waals surface area contributed by atoms with E-state index in [1.807, 2.05) is 13.1 Å². The largest absolute Gasteiger partial charge is 0.286 e. The Hall–Kier alpha value is -0.660. The average molecular weight is 124 g/mol. The van der Waals surface area contributed by atoms with Gasteiger partial charge in [0.2, 0.25) is 0 Å². The van der Waals surface area contributed by atoms with Crippen LogP contribution in [0.4, 0.5) is 0 Å². The number of hydrogen-bond acceptors (Lipinski definition) is 2. The van der Waals surface area contributed by atoms with Crippen LogP contribution in [-0.4, -0.2) is 24.0 Å². The van der Waals surface area contributed by atoms with Crippen molar-refractivity contribution in [1.29, 1.82) is 0 Å². The van der Waals surface area contributed by atoms with E-state index in [-0.39, 0.29) is 0 Å². The minimum Gasteiger partial charge on any atom is -0.286 e. The van der Waals surface area contributed by atoms with Crippen LogP contribution in [0.5, 0.6) is 0 Å². The Labute approximate surface area is 55.7 Å². The van der Waals surface area contributed by atoms with Crippen LogP contribution in [0.15, 0.2) is 9.98 Å². The highest BCUT2D eigenvalue weighted by molar-refractivity contribution is 6.29. The van der Waals surface area contributed by atoms with Gasteiger partial charge in [-0.3, -0.25) is 9.98 Å². The first-order valence-electron chi connectivity index (χ1n) is 3.27. The Morgan fingerprint density at radius 3 is 2.44 bits per heavy atom. The van der Waals surface area contributed by atoms with Crippen molar-refractivity contribution in [3.05, 3.63) is 0 Å². The van der Waals surface area contributed by atoms with Gasteiger partial charge in [0.15, 0.2) is 0 Å². The lowest BCUT2D eigenvalue weighted by atomic mass is 10.1. The van der Waals surface area contributed by atoms with E-state index in [0.29, 0.717) is 12.1 Å². The highest BCUT2D eigenvalue weighted by atomic mass is 14.9. The van der Waals surface area contributed by atoms with E-state index in [4.69, 9.17) is 0 Å².